The molecule has 0 amide bonds. The molecule has 10 aromatic rings. The summed E-state index contributed by atoms with van der Waals surface area (Å²) in [6.07, 6.45) is 0. The van der Waals surface area contributed by atoms with E-state index in [0.29, 0.717) is 5.95 Å². The van der Waals surface area contributed by atoms with Gasteiger partial charge < -0.3 is 4.57 Å². The number of benzene rings is 7. The maximum atomic E-state index is 5.50. The molecular formula is C49H34N4. The summed E-state index contributed by atoms with van der Waals surface area (Å²) >= 11 is 0. The van der Waals surface area contributed by atoms with Gasteiger partial charge in [0.25, 0.3) is 0 Å². The average Bonchev–Trinajstić information content (AvgIpc) is 3.82. The molecule has 3 heterocycles. The Hall–Kier alpha value is -6.78. The molecule has 0 N–H and O–H groups in total. The summed E-state index contributed by atoms with van der Waals surface area (Å²) in [6.45, 7) is 4.75. The number of hydrogen-bond donors (Lipinski definition) is 0. The van der Waals surface area contributed by atoms with E-state index < -0.39 is 0 Å². The highest BCUT2D eigenvalue weighted by Gasteiger charge is 2.41. The van der Waals surface area contributed by atoms with E-state index in [1.165, 1.54) is 55.2 Å². The Morgan fingerprint density at radius 3 is 1.92 bits per heavy atom. The number of nitrogens with zero attached hydrogens (tertiary/aromatic N) is 4. The van der Waals surface area contributed by atoms with Gasteiger partial charge >= 0.3 is 0 Å². The van der Waals surface area contributed by atoms with Gasteiger partial charge in [-0.2, -0.15) is 0 Å². The minimum Gasteiger partial charge on any atom is -0.309 e. The summed E-state index contributed by atoms with van der Waals surface area (Å²) in [5, 5.41) is 4.65. The van der Waals surface area contributed by atoms with Crippen LogP contribution in [-0.4, -0.2) is 19.1 Å². The van der Waals surface area contributed by atoms with Crippen LogP contribution in [0.25, 0.3) is 88.9 Å². The van der Waals surface area contributed by atoms with E-state index in [2.05, 4.69) is 193 Å². The van der Waals surface area contributed by atoms with Crippen LogP contribution >= 0.6 is 0 Å². The summed E-state index contributed by atoms with van der Waals surface area (Å²) < 4.78 is 4.80. The lowest BCUT2D eigenvalue weighted by atomic mass is 9.81. The Labute approximate surface area is 307 Å². The fourth-order valence-electron chi connectivity index (χ4n) is 8.95. The highest BCUT2D eigenvalue weighted by molar-refractivity contribution is 6.21. The molecule has 0 atom stereocenters. The molecule has 0 radical (unpaired) electrons. The maximum Gasteiger partial charge on any atom is 0.235 e. The molecule has 53 heavy (non-hydrogen) atoms. The first-order chi connectivity index (χ1) is 26.1. The highest BCUT2D eigenvalue weighted by atomic mass is 15.2. The van der Waals surface area contributed by atoms with Crippen molar-refractivity contribution in [2.45, 2.75) is 19.3 Å². The molecule has 250 valence electrons. The first-order valence-electron chi connectivity index (χ1n) is 18.3. The van der Waals surface area contributed by atoms with Crippen molar-refractivity contribution >= 4 is 43.6 Å². The maximum absolute atomic E-state index is 5.50. The SMILES string of the molecule is CC1(C)c2ccccc2-c2c1c1c(ccc3c4ccccc4n(-c4nc(-c5ccc(-c6ccccc6)cc5)c5ccccc5n4)c31)n2-c1ccccc1. The first kappa shape index (κ1) is 29.9. The predicted octanol–water partition coefficient (Wildman–Crippen LogP) is 12.3. The van der Waals surface area contributed by atoms with Crippen LogP contribution in [0.4, 0.5) is 0 Å². The fourth-order valence-corrected chi connectivity index (χ4v) is 8.95. The third kappa shape index (κ3) is 4.24. The van der Waals surface area contributed by atoms with Crippen LogP contribution in [0, 0.1) is 0 Å². The normalized spacial score (nSPS) is 13.2. The van der Waals surface area contributed by atoms with E-state index in [-0.39, 0.29) is 5.41 Å². The van der Waals surface area contributed by atoms with E-state index in [4.69, 9.17) is 9.97 Å². The van der Waals surface area contributed by atoms with Crippen molar-refractivity contribution in [1.29, 1.82) is 0 Å². The van der Waals surface area contributed by atoms with Crippen molar-refractivity contribution in [3.63, 3.8) is 0 Å². The smallest absolute Gasteiger partial charge is 0.235 e. The Kier molecular flexibility index (Phi) is 6.27. The van der Waals surface area contributed by atoms with Gasteiger partial charge in [-0.3, -0.25) is 4.57 Å². The van der Waals surface area contributed by atoms with Crippen molar-refractivity contribution in [2.75, 3.05) is 0 Å². The zero-order valence-electron chi connectivity index (χ0n) is 29.5. The molecule has 3 aromatic heterocycles. The molecule has 1 aliphatic carbocycles. The number of hydrogen-bond acceptors (Lipinski definition) is 2. The summed E-state index contributed by atoms with van der Waals surface area (Å²) in [6, 6.07) is 60.7. The molecule has 0 fully saturated rings. The standard InChI is InChI=1S/C49H34N4/c1-49(2)39-22-12-9-20-37(39)47-44(49)43-42(52(47)34-17-7-4-8-18-34)30-29-36-35-19-11-14-24-41(35)53(46(36)43)48-50-40-23-13-10-21-38(40)45(51-48)33-27-25-32(26-28-33)31-15-5-3-6-16-31/h3-30H,1-2H3. The van der Waals surface area contributed by atoms with Gasteiger partial charge in [0, 0.05) is 43.8 Å². The monoisotopic (exact) mass is 678 g/mol. The van der Waals surface area contributed by atoms with E-state index in [9.17, 15) is 0 Å². The molecule has 1 aliphatic rings. The zero-order valence-corrected chi connectivity index (χ0v) is 29.5. The third-order valence-electron chi connectivity index (χ3n) is 11.3. The lowest BCUT2D eigenvalue weighted by Crippen LogP contribution is -2.15. The van der Waals surface area contributed by atoms with Crippen LogP contribution in [0.5, 0.6) is 0 Å². The summed E-state index contributed by atoms with van der Waals surface area (Å²) in [7, 11) is 0. The Balaban J connectivity index is 1.26. The zero-order chi connectivity index (χ0) is 35.3. The summed E-state index contributed by atoms with van der Waals surface area (Å²) in [5.74, 6) is 0.666. The quantitative estimate of drug-likeness (QED) is 0.186. The number of rotatable bonds is 4. The second-order valence-electron chi connectivity index (χ2n) is 14.6. The molecule has 0 unspecified atom stereocenters. The minimum atomic E-state index is -0.240. The molecule has 11 rings (SSSR count). The Bertz CT molecular complexity index is 3060. The van der Waals surface area contributed by atoms with E-state index in [0.717, 1.165) is 38.9 Å². The average molecular weight is 679 g/mol. The predicted molar refractivity (Wildman–Crippen MR) is 219 cm³/mol. The molecule has 0 bridgehead atoms. The van der Waals surface area contributed by atoms with Gasteiger partial charge in [-0.05, 0) is 52.6 Å². The van der Waals surface area contributed by atoms with Gasteiger partial charge in [0.15, 0.2) is 0 Å². The molecule has 4 heteroatoms. The number of para-hydroxylation sites is 3. The molecule has 0 aliphatic heterocycles. The van der Waals surface area contributed by atoms with Crippen molar-refractivity contribution in [2.24, 2.45) is 0 Å². The van der Waals surface area contributed by atoms with Crippen molar-refractivity contribution in [3.8, 4) is 45.3 Å². The van der Waals surface area contributed by atoms with Gasteiger partial charge in [0.1, 0.15) is 0 Å². The molecule has 0 saturated carbocycles. The molecule has 0 spiro atoms. The first-order valence-corrected chi connectivity index (χ1v) is 18.3. The van der Waals surface area contributed by atoms with Gasteiger partial charge in [0.2, 0.25) is 5.95 Å². The lowest BCUT2D eigenvalue weighted by molar-refractivity contribution is 0.666. The highest BCUT2D eigenvalue weighted by Crippen LogP contribution is 2.55. The van der Waals surface area contributed by atoms with Crippen LogP contribution in [0.2, 0.25) is 0 Å². The second kappa shape index (κ2) is 11.1. The topological polar surface area (TPSA) is 35.6 Å². The van der Waals surface area contributed by atoms with Crippen LogP contribution in [0.15, 0.2) is 170 Å². The van der Waals surface area contributed by atoms with Crippen molar-refractivity contribution < 1.29 is 0 Å². The molecule has 0 saturated heterocycles. The lowest BCUT2D eigenvalue weighted by Gasteiger charge is -2.22. The molecule has 7 aromatic carbocycles. The van der Waals surface area contributed by atoms with Crippen LogP contribution < -0.4 is 0 Å². The summed E-state index contributed by atoms with van der Waals surface area (Å²) in [4.78, 5) is 10.9. The van der Waals surface area contributed by atoms with Crippen molar-refractivity contribution in [1.82, 2.24) is 19.1 Å². The van der Waals surface area contributed by atoms with Crippen LogP contribution in [0.1, 0.15) is 25.0 Å². The molecule has 4 nitrogen and oxygen atoms in total. The Morgan fingerprint density at radius 2 is 1.11 bits per heavy atom. The van der Waals surface area contributed by atoms with Crippen LogP contribution in [-0.2, 0) is 5.41 Å². The van der Waals surface area contributed by atoms with E-state index in [1.807, 2.05) is 0 Å². The van der Waals surface area contributed by atoms with Gasteiger partial charge in [0.05, 0.1) is 33.5 Å². The summed E-state index contributed by atoms with van der Waals surface area (Å²) in [5.41, 5.74) is 14.8. The van der Waals surface area contributed by atoms with Gasteiger partial charge in [-0.1, -0.05) is 153 Å². The fraction of sp³-hybridized carbons (Fsp3) is 0.0612. The minimum absolute atomic E-state index is 0.240. The number of fused-ring (bicyclic) bond motifs is 10. The van der Waals surface area contributed by atoms with Crippen LogP contribution in [0.3, 0.4) is 0 Å². The molecular weight excluding hydrogens is 645 g/mol. The van der Waals surface area contributed by atoms with Gasteiger partial charge in [-0.15, -0.1) is 0 Å². The second-order valence-corrected chi connectivity index (χ2v) is 14.6. The van der Waals surface area contributed by atoms with E-state index >= 15 is 0 Å². The largest absolute Gasteiger partial charge is 0.309 e. The Morgan fingerprint density at radius 1 is 0.472 bits per heavy atom. The third-order valence-corrected chi connectivity index (χ3v) is 11.3. The van der Waals surface area contributed by atoms with E-state index in [1.54, 1.807) is 0 Å². The van der Waals surface area contributed by atoms with Gasteiger partial charge in [-0.25, -0.2) is 9.97 Å². The van der Waals surface area contributed by atoms with Crippen molar-refractivity contribution in [3.05, 3.63) is 181 Å². The number of aromatic nitrogens is 4.